The third-order valence-corrected chi connectivity index (χ3v) is 6.69. The second kappa shape index (κ2) is 11.4. The first-order chi connectivity index (χ1) is 15.7. The molecule has 2 aromatic heterocycles. The van der Waals surface area contributed by atoms with Crippen LogP contribution in [0.3, 0.4) is 0 Å². The number of aromatic nitrogens is 3. The van der Waals surface area contributed by atoms with E-state index in [2.05, 4.69) is 26.8 Å². The summed E-state index contributed by atoms with van der Waals surface area (Å²) in [6.07, 6.45) is 15.8. The Morgan fingerprint density at radius 2 is 2.16 bits per heavy atom. The van der Waals surface area contributed by atoms with Gasteiger partial charge in [-0.15, -0.1) is 6.58 Å². The molecule has 2 fully saturated rings. The van der Waals surface area contributed by atoms with Crippen molar-refractivity contribution in [2.24, 2.45) is 11.8 Å². The standard InChI is InChI=1S/C25H35N5O2/c1-2-14-32-18-20-6-5-12-29(16-20)17-22-7-3-4-8-23(22)28-25(31)21-9-10-24(27-15-21)30-13-11-26-19-30/h2,9-11,13,15,19-20,22-23H,1,3-8,12,14,16-18H2,(H,28,31)/t20-,22?,23?/m0/s1. The van der Waals surface area contributed by atoms with Crippen molar-refractivity contribution in [2.45, 2.75) is 44.6 Å². The van der Waals surface area contributed by atoms with Gasteiger partial charge in [-0.05, 0) is 56.2 Å². The minimum Gasteiger partial charge on any atom is -0.377 e. The van der Waals surface area contributed by atoms with Crippen LogP contribution in [0, 0.1) is 11.8 Å². The number of piperidine rings is 1. The number of imidazole rings is 1. The monoisotopic (exact) mass is 437 g/mol. The predicted octanol–water partition coefficient (Wildman–Crippen LogP) is 3.47. The van der Waals surface area contributed by atoms with E-state index in [0.29, 0.717) is 24.0 Å². The van der Waals surface area contributed by atoms with E-state index >= 15 is 0 Å². The first kappa shape index (κ1) is 22.7. The number of pyridine rings is 1. The van der Waals surface area contributed by atoms with Crippen molar-refractivity contribution in [3.05, 3.63) is 55.3 Å². The Hall–Kier alpha value is -2.51. The van der Waals surface area contributed by atoms with Crippen molar-refractivity contribution in [2.75, 3.05) is 32.8 Å². The summed E-state index contributed by atoms with van der Waals surface area (Å²) in [5.41, 5.74) is 0.607. The molecule has 2 unspecified atom stereocenters. The van der Waals surface area contributed by atoms with Gasteiger partial charge in [-0.3, -0.25) is 9.36 Å². The van der Waals surface area contributed by atoms with Crippen LogP contribution in [0.5, 0.6) is 0 Å². The summed E-state index contributed by atoms with van der Waals surface area (Å²) in [4.78, 5) is 24.0. The van der Waals surface area contributed by atoms with Crippen LogP contribution >= 0.6 is 0 Å². The van der Waals surface area contributed by atoms with E-state index in [1.54, 1.807) is 18.7 Å². The molecule has 0 spiro atoms. The quantitative estimate of drug-likeness (QED) is 0.480. The molecule has 7 heteroatoms. The summed E-state index contributed by atoms with van der Waals surface area (Å²) in [5.74, 6) is 1.83. The van der Waals surface area contributed by atoms with Crippen LogP contribution in [0.1, 0.15) is 48.9 Å². The Morgan fingerprint density at radius 3 is 2.94 bits per heavy atom. The van der Waals surface area contributed by atoms with Crippen molar-refractivity contribution in [1.29, 1.82) is 0 Å². The van der Waals surface area contributed by atoms with Crippen LogP contribution in [-0.2, 0) is 4.74 Å². The molecule has 0 bridgehead atoms. The first-order valence-corrected chi connectivity index (χ1v) is 11.9. The van der Waals surface area contributed by atoms with Crippen LogP contribution < -0.4 is 5.32 Å². The number of hydrogen-bond acceptors (Lipinski definition) is 5. The Labute approximate surface area is 190 Å². The highest BCUT2D eigenvalue weighted by atomic mass is 16.5. The highest BCUT2D eigenvalue weighted by Crippen LogP contribution is 2.27. The van der Waals surface area contributed by atoms with E-state index in [-0.39, 0.29) is 11.9 Å². The van der Waals surface area contributed by atoms with Crippen LogP contribution in [-0.4, -0.2) is 64.2 Å². The van der Waals surface area contributed by atoms with E-state index in [4.69, 9.17) is 4.74 Å². The van der Waals surface area contributed by atoms with Gasteiger partial charge in [0.2, 0.25) is 0 Å². The second-order valence-corrected chi connectivity index (χ2v) is 9.09. The number of amides is 1. The minimum absolute atomic E-state index is 0.0269. The number of likely N-dealkylation sites (tertiary alicyclic amines) is 1. The minimum atomic E-state index is -0.0269. The lowest BCUT2D eigenvalue weighted by Gasteiger charge is -2.39. The Balaban J connectivity index is 1.32. The van der Waals surface area contributed by atoms with Gasteiger partial charge >= 0.3 is 0 Å². The summed E-state index contributed by atoms with van der Waals surface area (Å²) in [5, 5.41) is 3.32. The SMILES string of the molecule is C=CCOC[C@H]1CCCN(CC2CCCCC2NC(=O)c2ccc(-n3ccnc3)nc2)C1. The van der Waals surface area contributed by atoms with Gasteiger partial charge in [0.05, 0.1) is 18.8 Å². The highest BCUT2D eigenvalue weighted by Gasteiger charge is 2.30. The molecule has 1 aliphatic heterocycles. The maximum Gasteiger partial charge on any atom is 0.253 e. The van der Waals surface area contributed by atoms with Crippen molar-refractivity contribution >= 4 is 5.91 Å². The summed E-state index contributed by atoms with van der Waals surface area (Å²) >= 11 is 0. The lowest BCUT2D eigenvalue weighted by molar-refractivity contribution is 0.0599. The zero-order valence-corrected chi connectivity index (χ0v) is 18.9. The van der Waals surface area contributed by atoms with Gasteiger partial charge in [-0.2, -0.15) is 0 Å². The van der Waals surface area contributed by atoms with Gasteiger partial charge in [0.15, 0.2) is 0 Å². The molecule has 3 atom stereocenters. The molecule has 1 saturated carbocycles. The normalized spacial score (nSPS) is 24.2. The van der Waals surface area contributed by atoms with Crippen molar-refractivity contribution < 1.29 is 9.53 Å². The molecule has 32 heavy (non-hydrogen) atoms. The second-order valence-electron chi connectivity index (χ2n) is 9.09. The van der Waals surface area contributed by atoms with Crippen LogP contribution in [0.2, 0.25) is 0 Å². The average molecular weight is 438 g/mol. The van der Waals surface area contributed by atoms with Gasteiger partial charge in [0.25, 0.3) is 5.91 Å². The van der Waals surface area contributed by atoms with E-state index in [9.17, 15) is 4.79 Å². The van der Waals surface area contributed by atoms with Crippen LogP contribution in [0.15, 0.2) is 49.7 Å². The van der Waals surface area contributed by atoms with Gasteiger partial charge in [0.1, 0.15) is 12.1 Å². The van der Waals surface area contributed by atoms with Crippen LogP contribution in [0.4, 0.5) is 0 Å². The van der Waals surface area contributed by atoms with Crippen molar-refractivity contribution in [1.82, 2.24) is 24.8 Å². The maximum atomic E-state index is 12.9. The van der Waals surface area contributed by atoms with Gasteiger partial charge in [-0.25, -0.2) is 9.97 Å². The summed E-state index contributed by atoms with van der Waals surface area (Å²) in [7, 11) is 0. The number of carbonyl (C=O) groups excluding carboxylic acids is 1. The molecule has 2 aromatic rings. The molecule has 7 nitrogen and oxygen atoms in total. The molecule has 0 radical (unpaired) electrons. The average Bonchev–Trinajstić information content (AvgIpc) is 3.36. The number of ether oxygens (including phenoxy) is 1. The summed E-state index contributed by atoms with van der Waals surface area (Å²) in [6.45, 7) is 8.47. The number of carbonyl (C=O) groups is 1. The van der Waals surface area contributed by atoms with Crippen molar-refractivity contribution in [3.8, 4) is 5.82 Å². The topological polar surface area (TPSA) is 72.3 Å². The molecule has 1 N–H and O–H groups in total. The zero-order chi connectivity index (χ0) is 22.2. The van der Waals surface area contributed by atoms with Crippen LogP contribution in [0.25, 0.3) is 5.82 Å². The number of nitrogens with zero attached hydrogens (tertiary/aromatic N) is 4. The Morgan fingerprint density at radius 1 is 1.25 bits per heavy atom. The zero-order valence-electron chi connectivity index (χ0n) is 18.9. The molecule has 2 aliphatic rings. The largest absolute Gasteiger partial charge is 0.377 e. The lowest BCUT2D eigenvalue weighted by Crippen LogP contribution is -2.48. The van der Waals surface area contributed by atoms with E-state index in [1.807, 2.05) is 29.0 Å². The molecular formula is C25H35N5O2. The Bertz CT molecular complexity index is 852. The summed E-state index contributed by atoms with van der Waals surface area (Å²) in [6, 6.07) is 3.92. The molecule has 1 amide bonds. The third-order valence-electron chi connectivity index (χ3n) is 6.69. The van der Waals surface area contributed by atoms with Crippen molar-refractivity contribution in [3.63, 3.8) is 0 Å². The van der Waals surface area contributed by atoms with Gasteiger partial charge in [-0.1, -0.05) is 18.9 Å². The van der Waals surface area contributed by atoms with Gasteiger partial charge in [0, 0.05) is 37.7 Å². The smallest absolute Gasteiger partial charge is 0.253 e. The summed E-state index contributed by atoms with van der Waals surface area (Å²) < 4.78 is 7.53. The van der Waals surface area contributed by atoms with Gasteiger partial charge < -0.3 is 15.0 Å². The maximum absolute atomic E-state index is 12.9. The molecule has 1 aliphatic carbocycles. The molecule has 0 aromatic carbocycles. The Kier molecular flexibility index (Phi) is 8.07. The molecule has 172 valence electrons. The number of hydrogen-bond donors (Lipinski definition) is 1. The fourth-order valence-corrected chi connectivity index (χ4v) is 5.04. The lowest BCUT2D eigenvalue weighted by atomic mass is 9.83. The first-order valence-electron chi connectivity index (χ1n) is 11.9. The van der Waals surface area contributed by atoms with E-state index < -0.39 is 0 Å². The fraction of sp³-hybridized carbons (Fsp3) is 0.560. The third kappa shape index (κ3) is 6.04. The number of nitrogens with one attached hydrogen (secondary N) is 1. The number of rotatable bonds is 9. The van der Waals surface area contributed by atoms with E-state index in [0.717, 1.165) is 38.5 Å². The fourth-order valence-electron chi connectivity index (χ4n) is 5.04. The molecule has 4 rings (SSSR count). The molecule has 1 saturated heterocycles. The molecular weight excluding hydrogens is 402 g/mol. The molecule has 3 heterocycles. The predicted molar refractivity (Wildman–Crippen MR) is 125 cm³/mol. The van der Waals surface area contributed by atoms with E-state index in [1.165, 1.54) is 32.1 Å². The highest BCUT2D eigenvalue weighted by molar-refractivity contribution is 5.94.